The monoisotopic (exact) mass is 441 g/mol. The van der Waals surface area contributed by atoms with Gasteiger partial charge in [0.05, 0.1) is 23.4 Å². The SMILES string of the molecule is COc1ccc(S(=O)(=O)n2nc(C)c(S(=O)(=O)N3CCCCCC3)c2C)cc1C. The number of aryl methyl sites for hydroxylation is 2. The van der Waals surface area contributed by atoms with Crippen molar-refractivity contribution in [1.29, 1.82) is 0 Å². The number of nitrogens with zero attached hydrogens (tertiary/aromatic N) is 3. The van der Waals surface area contributed by atoms with Gasteiger partial charge >= 0.3 is 0 Å². The van der Waals surface area contributed by atoms with Gasteiger partial charge in [0.25, 0.3) is 10.0 Å². The van der Waals surface area contributed by atoms with Crippen molar-refractivity contribution < 1.29 is 21.6 Å². The van der Waals surface area contributed by atoms with Gasteiger partial charge < -0.3 is 4.74 Å². The van der Waals surface area contributed by atoms with Crippen LogP contribution in [0.3, 0.4) is 0 Å². The Morgan fingerprint density at radius 2 is 1.55 bits per heavy atom. The van der Waals surface area contributed by atoms with E-state index >= 15 is 0 Å². The summed E-state index contributed by atoms with van der Waals surface area (Å²) >= 11 is 0. The Labute approximate surface area is 172 Å². The van der Waals surface area contributed by atoms with Crippen LogP contribution in [0.4, 0.5) is 0 Å². The molecular weight excluding hydrogens is 414 g/mol. The van der Waals surface area contributed by atoms with E-state index in [-0.39, 0.29) is 21.2 Å². The number of methoxy groups -OCH3 is 1. The molecule has 1 aliphatic heterocycles. The van der Waals surface area contributed by atoms with E-state index < -0.39 is 20.0 Å². The third kappa shape index (κ3) is 3.93. The zero-order valence-corrected chi connectivity index (χ0v) is 18.8. The van der Waals surface area contributed by atoms with Crippen LogP contribution in [0, 0.1) is 20.8 Å². The lowest BCUT2D eigenvalue weighted by molar-refractivity contribution is 0.411. The van der Waals surface area contributed by atoms with Crippen LogP contribution in [-0.2, 0) is 20.0 Å². The van der Waals surface area contributed by atoms with Crippen molar-refractivity contribution in [2.75, 3.05) is 20.2 Å². The Bertz CT molecular complexity index is 1110. The van der Waals surface area contributed by atoms with E-state index in [1.807, 2.05) is 0 Å². The summed E-state index contributed by atoms with van der Waals surface area (Å²) in [7, 11) is -6.36. The van der Waals surface area contributed by atoms with Crippen LogP contribution in [0.2, 0.25) is 0 Å². The summed E-state index contributed by atoms with van der Waals surface area (Å²) in [6.45, 7) is 5.64. The van der Waals surface area contributed by atoms with Crippen LogP contribution in [-0.4, -0.2) is 50.5 Å². The van der Waals surface area contributed by atoms with E-state index in [4.69, 9.17) is 4.74 Å². The fraction of sp³-hybridized carbons (Fsp3) is 0.526. The second-order valence-electron chi connectivity index (χ2n) is 7.30. The Kier molecular flexibility index (Phi) is 6.07. The minimum Gasteiger partial charge on any atom is -0.496 e. The van der Waals surface area contributed by atoms with E-state index in [2.05, 4.69) is 5.10 Å². The van der Waals surface area contributed by atoms with Crippen LogP contribution in [0.1, 0.15) is 42.6 Å². The highest BCUT2D eigenvalue weighted by Gasteiger charge is 2.34. The lowest BCUT2D eigenvalue weighted by Crippen LogP contribution is -2.32. The molecule has 3 rings (SSSR count). The van der Waals surface area contributed by atoms with Gasteiger partial charge in [-0.15, -0.1) is 0 Å². The van der Waals surface area contributed by atoms with Crippen molar-refractivity contribution in [1.82, 2.24) is 13.5 Å². The summed E-state index contributed by atoms with van der Waals surface area (Å²) < 4.78 is 60.3. The Morgan fingerprint density at radius 1 is 0.931 bits per heavy atom. The second-order valence-corrected chi connectivity index (χ2v) is 10.9. The summed E-state index contributed by atoms with van der Waals surface area (Å²) in [6, 6.07) is 4.50. The minimum atomic E-state index is -4.05. The molecule has 0 aliphatic carbocycles. The quantitative estimate of drug-likeness (QED) is 0.707. The molecule has 2 heterocycles. The molecule has 0 amide bonds. The summed E-state index contributed by atoms with van der Waals surface area (Å²) in [5, 5.41) is 4.11. The van der Waals surface area contributed by atoms with Gasteiger partial charge in [-0.2, -0.15) is 21.9 Å². The molecule has 1 aromatic heterocycles. The smallest absolute Gasteiger partial charge is 0.283 e. The molecular formula is C19H27N3O5S2. The lowest BCUT2D eigenvalue weighted by Gasteiger charge is -2.20. The van der Waals surface area contributed by atoms with Crippen molar-refractivity contribution in [3.05, 3.63) is 35.2 Å². The third-order valence-electron chi connectivity index (χ3n) is 5.24. The zero-order chi connectivity index (χ0) is 21.4. The van der Waals surface area contributed by atoms with Gasteiger partial charge in [0.1, 0.15) is 10.6 Å². The summed E-state index contributed by atoms with van der Waals surface area (Å²) in [4.78, 5) is 0.00771. The number of ether oxygens (including phenoxy) is 1. The molecule has 8 nitrogen and oxygen atoms in total. The van der Waals surface area contributed by atoms with Crippen LogP contribution in [0.5, 0.6) is 5.75 Å². The molecule has 2 aromatic rings. The van der Waals surface area contributed by atoms with Gasteiger partial charge in [0.2, 0.25) is 10.0 Å². The van der Waals surface area contributed by atoms with E-state index in [1.54, 1.807) is 13.0 Å². The van der Waals surface area contributed by atoms with Crippen molar-refractivity contribution in [3.63, 3.8) is 0 Å². The number of rotatable bonds is 5. The highest BCUT2D eigenvalue weighted by Crippen LogP contribution is 2.29. The lowest BCUT2D eigenvalue weighted by atomic mass is 10.2. The van der Waals surface area contributed by atoms with Gasteiger partial charge in [-0.05, 0) is 57.4 Å². The molecule has 0 N–H and O–H groups in total. The van der Waals surface area contributed by atoms with Crippen LogP contribution in [0.25, 0.3) is 0 Å². The molecule has 1 fully saturated rings. The number of hydrogen-bond donors (Lipinski definition) is 0. The fourth-order valence-corrected chi connectivity index (χ4v) is 7.11. The molecule has 10 heteroatoms. The van der Waals surface area contributed by atoms with Crippen LogP contribution in [0.15, 0.2) is 28.0 Å². The predicted octanol–water partition coefficient (Wildman–Crippen LogP) is 2.62. The van der Waals surface area contributed by atoms with Gasteiger partial charge in [-0.1, -0.05) is 12.8 Å². The second kappa shape index (κ2) is 8.08. The van der Waals surface area contributed by atoms with Crippen molar-refractivity contribution in [2.45, 2.75) is 56.2 Å². The summed E-state index contributed by atoms with van der Waals surface area (Å²) in [5.41, 5.74) is 0.938. The van der Waals surface area contributed by atoms with E-state index in [9.17, 15) is 16.8 Å². The molecule has 0 unspecified atom stereocenters. The summed E-state index contributed by atoms with van der Waals surface area (Å²) in [6.07, 6.45) is 3.59. The van der Waals surface area contributed by atoms with E-state index in [0.29, 0.717) is 24.4 Å². The van der Waals surface area contributed by atoms with Gasteiger partial charge in [-0.25, -0.2) is 8.42 Å². The summed E-state index contributed by atoms with van der Waals surface area (Å²) in [5.74, 6) is 0.571. The van der Waals surface area contributed by atoms with Crippen molar-refractivity contribution >= 4 is 20.0 Å². The largest absolute Gasteiger partial charge is 0.496 e. The predicted molar refractivity (Wildman–Crippen MR) is 109 cm³/mol. The first-order valence-electron chi connectivity index (χ1n) is 9.57. The van der Waals surface area contributed by atoms with Gasteiger partial charge in [0, 0.05) is 13.1 Å². The highest BCUT2D eigenvalue weighted by molar-refractivity contribution is 7.90. The Hall–Kier alpha value is -1.91. The zero-order valence-electron chi connectivity index (χ0n) is 17.2. The number of benzene rings is 1. The van der Waals surface area contributed by atoms with Crippen LogP contribution >= 0.6 is 0 Å². The molecule has 0 atom stereocenters. The molecule has 1 aromatic carbocycles. The molecule has 1 aliphatic rings. The maximum atomic E-state index is 13.3. The molecule has 0 bridgehead atoms. The van der Waals surface area contributed by atoms with Gasteiger partial charge in [0.15, 0.2) is 0 Å². The first-order valence-corrected chi connectivity index (χ1v) is 12.5. The van der Waals surface area contributed by atoms with Gasteiger partial charge in [-0.3, -0.25) is 0 Å². The fourth-order valence-electron chi connectivity index (χ4n) is 3.73. The number of aromatic nitrogens is 2. The molecule has 29 heavy (non-hydrogen) atoms. The third-order valence-corrected chi connectivity index (χ3v) is 9.05. The Balaban J connectivity index is 2.08. The van der Waals surface area contributed by atoms with Crippen molar-refractivity contribution in [2.24, 2.45) is 0 Å². The first kappa shape index (κ1) is 21.8. The first-order chi connectivity index (χ1) is 13.6. The number of sulfonamides is 1. The van der Waals surface area contributed by atoms with Crippen molar-refractivity contribution in [3.8, 4) is 5.75 Å². The maximum Gasteiger partial charge on any atom is 0.283 e. The Morgan fingerprint density at radius 3 is 2.10 bits per heavy atom. The molecule has 0 saturated carbocycles. The average Bonchev–Trinajstić information content (AvgIpc) is 2.85. The van der Waals surface area contributed by atoms with Crippen LogP contribution < -0.4 is 4.74 Å². The van der Waals surface area contributed by atoms with E-state index in [1.165, 1.54) is 37.4 Å². The highest BCUT2D eigenvalue weighted by atomic mass is 32.2. The van der Waals surface area contributed by atoms with E-state index in [0.717, 1.165) is 29.8 Å². The topological polar surface area (TPSA) is 98.6 Å². The average molecular weight is 442 g/mol. The number of hydrogen-bond acceptors (Lipinski definition) is 6. The molecule has 0 spiro atoms. The normalized spacial score (nSPS) is 16.6. The molecule has 0 radical (unpaired) electrons. The molecule has 160 valence electrons. The minimum absolute atomic E-state index is 0.0202. The molecule has 1 saturated heterocycles. The maximum absolute atomic E-state index is 13.3. The standard InChI is InChI=1S/C19H27N3O5S2/c1-14-13-17(9-10-18(14)27-4)28(23,24)22-16(3)19(15(2)20-22)29(25,26)21-11-7-5-6-8-12-21/h9-10,13H,5-8,11-12H2,1-4H3.